The lowest BCUT2D eigenvalue weighted by Crippen LogP contribution is -2.44. The minimum Gasteiger partial charge on any atom is -0.397 e. The molecule has 0 atom stereocenters. The molecule has 0 radical (unpaired) electrons. The average Bonchev–Trinajstić information content (AvgIpc) is 1.62. The molecule has 21 aromatic rings. The molecule has 0 bridgehead atoms. The van der Waals surface area contributed by atoms with E-state index in [1.165, 1.54) is 31.2 Å². The van der Waals surface area contributed by atoms with Gasteiger partial charge >= 0.3 is 0 Å². The zero-order valence-electron chi connectivity index (χ0n) is 75.7. The van der Waals surface area contributed by atoms with E-state index in [1.807, 2.05) is 129 Å². The maximum absolute atomic E-state index is 5.91. The van der Waals surface area contributed by atoms with Crippen LogP contribution < -0.4 is 31.1 Å². The highest BCUT2D eigenvalue weighted by atomic mass is 15.3. The molecule has 4 aliphatic rings. The van der Waals surface area contributed by atoms with Crippen LogP contribution in [0.25, 0.3) is 185 Å². The van der Waals surface area contributed by atoms with Crippen molar-refractivity contribution in [3.63, 3.8) is 0 Å². The highest BCUT2D eigenvalue weighted by Crippen LogP contribution is 2.39. The van der Waals surface area contributed by atoms with Crippen molar-refractivity contribution < 1.29 is 0 Å². The van der Waals surface area contributed by atoms with Crippen LogP contribution in [0.2, 0.25) is 0 Å². The summed E-state index contributed by atoms with van der Waals surface area (Å²) in [6.07, 6.45) is 45.8. The molecule has 0 amide bonds. The average molecular weight is 1810 g/mol. The number of aryl methyl sites for hydroxylation is 1. The third-order valence-electron chi connectivity index (χ3n) is 25.8. The Kier molecular flexibility index (Phi) is 23.5. The Hall–Kier alpha value is -16.2. The first-order chi connectivity index (χ1) is 66.8. The molecule has 3 saturated heterocycles. The van der Waals surface area contributed by atoms with Crippen molar-refractivity contribution in [1.82, 2.24) is 175 Å². The van der Waals surface area contributed by atoms with E-state index in [0.717, 1.165) is 289 Å². The second-order valence-corrected chi connectivity index (χ2v) is 35.1. The lowest BCUT2D eigenvalue weighted by molar-refractivity contribution is 0.313. The molecule has 39 heteroatoms. The first-order valence-corrected chi connectivity index (χ1v) is 45.8. The largest absolute Gasteiger partial charge is 0.397 e. The summed E-state index contributed by atoms with van der Waals surface area (Å²) >= 11 is 0. The van der Waals surface area contributed by atoms with Crippen molar-refractivity contribution in [2.75, 3.05) is 133 Å². The van der Waals surface area contributed by atoms with Gasteiger partial charge < -0.3 is 70.3 Å². The van der Waals surface area contributed by atoms with Crippen LogP contribution in [-0.4, -0.2) is 277 Å². The quantitative estimate of drug-likeness (QED) is 0.0358. The lowest BCUT2D eigenvalue weighted by atomic mass is 10.1. The molecule has 25 rings (SSSR count). The molecular formula is C97H99N39. The number of imidazole rings is 5. The summed E-state index contributed by atoms with van der Waals surface area (Å²) in [5, 5.41) is 40.6. The molecule has 0 spiro atoms. The molecule has 0 aromatic carbocycles. The van der Waals surface area contributed by atoms with Crippen LogP contribution in [0.1, 0.15) is 49.4 Å². The maximum Gasteiger partial charge on any atom is 0.181 e. The van der Waals surface area contributed by atoms with E-state index < -0.39 is 0 Å². The van der Waals surface area contributed by atoms with Crippen LogP contribution in [0.15, 0.2) is 191 Å². The number of hydrogen-bond donors (Lipinski definition) is 11. The normalized spacial score (nSPS) is 14.8. The molecular weight excluding hydrogens is 1710 g/mol. The summed E-state index contributed by atoms with van der Waals surface area (Å²) in [5.41, 5.74) is 34.5. The number of nitrogen functional groups attached to an aromatic ring is 1. The van der Waals surface area contributed by atoms with E-state index in [-0.39, 0.29) is 0 Å². The van der Waals surface area contributed by atoms with E-state index in [9.17, 15) is 0 Å². The third-order valence-corrected chi connectivity index (χ3v) is 25.8. The SMILES string of the molecule is CCNCc1cncc(-c2cnc3n[nH]c(-c4nc5c(N6CCN(C)CC6)cncc5[nH]4)c3c2)c1.CN1CCN(c2cncc3[nH]c(-c4[nH]nc5ncc(-c6cccnc6)cc45)nc23)CC1.CN1CCN(c2cncc3[nH]c(-c4[nH]nc5ncc(-c6cncc(N)c6)cc45)nc23)CC1.Cc1cn(-c2cncc3[nH]c(-c4[nH]nc5ncc(-c6cncc(CNCC7CCCC7)c6)cc45)nc23)cn1. The van der Waals surface area contributed by atoms with Crippen molar-refractivity contribution in [3.8, 4) is 96.3 Å². The number of rotatable bonds is 19. The van der Waals surface area contributed by atoms with Gasteiger partial charge in [0.2, 0.25) is 0 Å². The molecule has 12 N–H and O–H groups in total. The van der Waals surface area contributed by atoms with Gasteiger partial charge in [0.25, 0.3) is 0 Å². The summed E-state index contributed by atoms with van der Waals surface area (Å²) < 4.78 is 1.93. The Balaban J connectivity index is 0.000000105. The first-order valence-electron chi connectivity index (χ1n) is 45.8. The van der Waals surface area contributed by atoms with Crippen LogP contribution in [0.5, 0.6) is 0 Å². The molecule has 4 fully saturated rings. The minimum atomic E-state index is 0.608. The third kappa shape index (κ3) is 17.6. The minimum absolute atomic E-state index is 0.608. The monoisotopic (exact) mass is 1810 g/mol. The van der Waals surface area contributed by atoms with Crippen LogP contribution in [0, 0.1) is 12.8 Å². The molecule has 21 aromatic heterocycles. The molecule has 24 heterocycles. The fraction of sp³-hybridized carbons (Fsp3) is 0.268. The van der Waals surface area contributed by atoms with Crippen LogP contribution in [0.3, 0.4) is 0 Å². The predicted molar refractivity (Wildman–Crippen MR) is 526 cm³/mol. The molecule has 136 heavy (non-hydrogen) atoms. The highest BCUT2D eigenvalue weighted by Gasteiger charge is 2.28. The number of anilines is 4. The Labute approximate surface area is 778 Å². The highest BCUT2D eigenvalue weighted by molar-refractivity contribution is 6.00. The van der Waals surface area contributed by atoms with Crippen LogP contribution in [0.4, 0.5) is 22.7 Å². The van der Waals surface area contributed by atoms with Gasteiger partial charge in [-0.2, -0.15) is 20.4 Å². The summed E-state index contributed by atoms with van der Waals surface area (Å²) in [5.74, 6) is 3.65. The second kappa shape index (κ2) is 37.4. The fourth-order valence-corrected chi connectivity index (χ4v) is 18.2. The number of nitrogens with one attached hydrogen (secondary N) is 10. The number of aromatic amines is 8. The number of nitrogens with two attached hydrogens (primary N) is 1. The van der Waals surface area contributed by atoms with E-state index in [2.05, 4.69) is 224 Å². The summed E-state index contributed by atoms with van der Waals surface area (Å²) in [6.45, 7) is 19.5. The van der Waals surface area contributed by atoms with Gasteiger partial charge in [0.05, 0.1) is 134 Å². The summed E-state index contributed by atoms with van der Waals surface area (Å²) in [7, 11) is 6.46. The number of piperazine rings is 3. The van der Waals surface area contributed by atoms with Gasteiger partial charge in [-0.3, -0.25) is 60.3 Å². The van der Waals surface area contributed by atoms with E-state index in [0.29, 0.717) is 39.9 Å². The lowest BCUT2D eigenvalue weighted by Gasteiger charge is -2.33. The molecule has 1 saturated carbocycles. The maximum atomic E-state index is 5.91. The number of H-pyrrole nitrogens is 8. The number of fused-ring (bicyclic) bond motifs is 8. The van der Waals surface area contributed by atoms with Gasteiger partial charge in [0.15, 0.2) is 45.9 Å². The molecule has 682 valence electrons. The van der Waals surface area contributed by atoms with Gasteiger partial charge in [0, 0.05) is 217 Å². The number of pyridine rings is 12. The smallest absolute Gasteiger partial charge is 0.181 e. The molecule has 0 unspecified atom stereocenters. The Morgan fingerprint density at radius 2 is 0.721 bits per heavy atom. The zero-order chi connectivity index (χ0) is 91.7. The van der Waals surface area contributed by atoms with E-state index >= 15 is 0 Å². The van der Waals surface area contributed by atoms with E-state index in [1.54, 1.807) is 43.5 Å². The number of likely N-dealkylation sites (N-methyl/N-ethyl adjacent to an activating group) is 3. The Morgan fingerprint density at radius 3 is 1.10 bits per heavy atom. The van der Waals surface area contributed by atoms with E-state index in [4.69, 9.17) is 25.7 Å². The number of aromatic nitrogens is 30. The number of hydrogen-bond acceptors (Lipinski definition) is 30. The standard InChI is InChI=1S/C28H28N10.C25H28N10.C22H22N10.C22H21N9/c1-17-15-38(16-33-17)24-14-31-13-23-26(24)35-28(34-23)25-22-7-21(12-32-27(22)37-36-25)20-6-19(10-30-11-20)9-29-8-18-4-2-3-5-18;1-3-26-10-16-8-17(12-27-11-16)18-9-19-22(32-33-24(19)29-13-18)25-30-20-14-28-15-21(23(20)31-25)35-6-4-34(2)5-7-35;1-31-2-4-32(5-3-31)18-12-25-11-17-20(18)28-22(27-17)19-16-7-14(9-26-21(16)30-29-19)13-6-15(23)10-24-8-13;1-30-5-7-31(8-6-30)18-13-24-12-17-20(18)27-22(26-17)19-16-9-15(11-25-21(16)29-28-19)14-3-2-4-23-10-14/h6-7,10-16,18,29H,2-5,8-9H2,1H3,(H,34,35)(H,32,36,37);8-9,11-15,26H,3-7,10H2,1-2H3,(H,30,31)(H,29,32,33);6-12H,2-5,23H2,1H3,(H,27,28)(H,26,29,30);2-4,9-13H,5-8H2,1H3,(H,26,27)(H,25,28,29). The van der Waals surface area contributed by atoms with Crippen molar-refractivity contribution in [2.45, 2.75) is 52.6 Å². The molecule has 1 aliphatic carbocycles. The topological polar surface area (TPSA) is 471 Å². The fourth-order valence-electron chi connectivity index (χ4n) is 18.2. The van der Waals surface area contributed by atoms with Crippen LogP contribution >= 0.6 is 0 Å². The second-order valence-electron chi connectivity index (χ2n) is 35.1. The van der Waals surface area contributed by atoms with Crippen molar-refractivity contribution >= 4 is 111 Å². The van der Waals surface area contributed by atoms with Crippen molar-refractivity contribution in [1.29, 1.82) is 0 Å². The molecule has 39 nitrogen and oxygen atoms in total. The summed E-state index contributed by atoms with van der Waals surface area (Å²) in [4.78, 5) is 105. The van der Waals surface area contributed by atoms with Gasteiger partial charge in [-0.15, -0.1) is 0 Å². The van der Waals surface area contributed by atoms with Gasteiger partial charge in [-0.05, 0) is 120 Å². The number of nitrogens with zero attached hydrogens (tertiary/aromatic N) is 28. The Morgan fingerprint density at radius 1 is 0.368 bits per heavy atom. The summed E-state index contributed by atoms with van der Waals surface area (Å²) in [6, 6.07) is 18.4. The zero-order valence-corrected chi connectivity index (χ0v) is 75.7. The van der Waals surface area contributed by atoms with Crippen molar-refractivity contribution in [2.24, 2.45) is 5.92 Å². The van der Waals surface area contributed by atoms with Gasteiger partial charge in [-0.1, -0.05) is 25.8 Å². The molecule has 3 aliphatic heterocycles. The van der Waals surface area contributed by atoms with Gasteiger partial charge in [0.1, 0.15) is 44.8 Å². The van der Waals surface area contributed by atoms with Crippen LogP contribution in [-0.2, 0) is 13.1 Å². The first kappa shape index (κ1) is 85.3. The predicted octanol–water partition coefficient (Wildman–Crippen LogP) is 12.6. The van der Waals surface area contributed by atoms with Gasteiger partial charge in [-0.25, -0.2) is 44.9 Å². The Bertz CT molecular complexity index is 7840. The van der Waals surface area contributed by atoms with Crippen molar-refractivity contribution in [3.05, 3.63) is 208 Å².